The Labute approximate surface area is 130 Å². The third kappa shape index (κ3) is 6.60. The highest BCUT2D eigenvalue weighted by atomic mass is 16.5. The van der Waals surface area contributed by atoms with Crippen molar-refractivity contribution in [3.63, 3.8) is 0 Å². The van der Waals surface area contributed by atoms with Crippen LogP contribution in [0.15, 0.2) is 12.1 Å². The van der Waals surface area contributed by atoms with Gasteiger partial charge < -0.3 is 14.8 Å². The van der Waals surface area contributed by atoms with E-state index < -0.39 is 0 Å². The third-order valence-corrected chi connectivity index (χ3v) is 3.95. The number of hydrogen-bond donors (Lipinski definition) is 1. The summed E-state index contributed by atoms with van der Waals surface area (Å²) in [5, 5.41) is 3.61. The van der Waals surface area contributed by atoms with Gasteiger partial charge in [-0.2, -0.15) is 0 Å². The Bertz CT molecular complexity index is 418. The van der Waals surface area contributed by atoms with Gasteiger partial charge in [-0.05, 0) is 69.3 Å². The molecule has 1 N–H and O–H groups in total. The van der Waals surface area contributed by atoms with Crippen LogP contribution in [0.5, 0.6) is 0 Å². The molecule has 0 spiro atoms. The lowest BCUT2D eigenvalue weighted by Crippen LogP contribution is -2.21. The molecule has 0 aliphatic heterocycles. The molecule has 3 heteroatoms. The zero-order valence-electron chi connectivity index (χ0n) is 14.3. The highest BCUT2D eigenvalue weighted by Gasteiger charge is 2.09. The largest absolute Gasteiger partial charge is 0.382 e. The van der Waals surface area contributed by atoms with Crippen LogP contribution in [0.25, 0.3) is 0 Å². The summed E-state index contributed by atoms with van der Waals surface area (Å²) < 4.78 is 10.4. The van der Waals surface area contributed by atoms with E-state index in [0.29, 0.717) is 19.3 Å². The monoisotopic (exact) mass is 293 g/mol. The van der Waals surface area contributed by atoms with E-state index in [1.54, 1.807) is 7.11 Å². The first kappa shape index (κ1) is 18.1. The summed E-state index contributed by atoms with van der Waals surface area (Å²) in [5.74, 6) is 0. The fourth-order valence-corrected chi connectivity index (χ4v) is 2.45. The minimum Gasteiger partial charge on any atom is -0.382 e. The van der Waals surface area contributed by atoms with E-state index in [2.05, 4.69) is 45.1 Å². The van der Waals surface area contributed by atoms with Crippen LogP contribution in [-0.4, -0.2) is 33.5 Å². The molecule has 1 aromatic rings. The normalized spacial score (nSPS) is 12.6. The first-order chi connectivity index (χ1) is 10.1. The Hall–Kier alpha value is -0.900. The molecule has 1 unspecified atom stereocenters. The second-order valence-electron chi connectivity index (χ2n) is 5.78. The summed E-state index contributed by atoms with van der Waals surface area (Å²) in [6.45, 7) is 12.0. The molecular weight excluding hydrogens is 262 g/mol. The first-order valence-corrected chi connectivity index (χ1v) is 7.94. The molecule has 0 aliphatic carbocycles. The molecule has 1 aromatic carbocycles. The fraction of sp³-hybridized carbons (Fsp3) is 0.667. The van der Waals surface area contributed by atoms with Crippen molar-refractivity contribution in [3.8, 4) is 0 Å². The standard InChI is InChI=1S/C18H31NO2/c1-14-12-16(3)18(13-15(14)2)17(4)19-8-6-7-9-21-11-10-20-5/h12-13,17,19H,6-11H2,1-5H3. The maximum atomic E-state index is 5.46. The van der Waals surface area contributed by atoms with Crippen LogP contribution in [0.4, 0.5) is 0 Å². The predicted octanol–water partition coefficient (Wildman–Crippen LogP) is 3.71. The molecule has 0 aliphatic rings. The molecule has 0 amide bonds. The van der Waals surface area contributed by atoms with Gasteiger partial charge >= 0.3 is 0 Å². The van der Waals surface area contributed by atoms with Crippen molar-refractivity contribution in [2.75, 3.05) is 33.5 Å². The Morgan fingerprint density at radius 3 is 2.38 bits per heavy atom. The number of benzene rings is 1. The Balaban J connectivity index is 2.25. The van der Waals surface area contributed by atoms with Crippen LogP contribution >= 0.6 is 0 Å². The third-order valence-electron chi connectivity index (χ3n) is 3.95. The fourth-order valence-electron chi connectivity index (χ4n) is 2.45. The van der Waals surface area contributed by atoms with Gasteiger partial charge in [0.05, 0.1) is 13.2 Å². The van der Waals surface area contributed by atoms with Gasteiger partial charge in [0, 0.05) is 19.8 Å². The topological polar surface area (TPSA) is 30.5 Å². The summed E-state index contributed by atoms with van der Waals surface area (Å²) in [6.07, 6.45) is 2.23. The molecule has 120 valence electrons. The van der Waals surface area contributed by atoms with Crippen molar-refractivity contribution >= 4 is 0 Å². The lowest BCUT2D eigenvalue weighted by molar-refractivity contribution is 0.0687. The quantitative estimate of drug-likeness (QED) is 0.667. The molecule has 21 heavy (non-hydrogen) atoms. The lowest BCUT2D eigenvalue weighted by atomic mass is 9.96. The smallest absolute Gasteiger partial charge is 0.0700 e. The summed E-state index contributed by atoms with van der Waals surface area (Å²) in [6, 6.07) is 5.00. The zero-order chi connectivity index (χ0) is 15.7. The van der Waals surface area contributed by atoms with Gasteiger partial charge in [-0.15, -0.1) is 0 Å². The number of ether oxygens (including phenoxy) is 2. The van der Waals surface area contributed by atoms with Crippen LogP contribution in [0.2, 0.25) is 0 Å². The van der Waals surface area contributed by atoms with Gasteiger partial charge in [-0.3, -0.25) is 0 Å². The van der Waals surface area contributed by atoms with Crippen molar-refractivity contribution in [3.05, 3.63) is 34.4 Å². The Kier molecular flexibility index (Phi) is 8.58. The SMILES string of the molecule is COCCOCCCCNC(C)c1cc(C)c(C)cc1C. The number of nitrogens with one attached hydrogen (secondary N) is 1. The second-order valence-corrected chi connectivity index (χ2v) is 5.78. The highest BCUT2D eigenvalue weighted by molar-refractivity contribution is 5.37. The van der Waals surface area contributed by atoms with Gasteiger partial charge in [-0.25, -0.2) is 0 Å². The minimum absolute atomic E-state index is 0.402. The molecule has 0 heterocycles. The molecule has 0 saturated carbocycles. The van der Waals surface area contributed by atoms with E-state index in [-0.39, 0.29) is 0 Å². The maximum Gasteiger partial charge on any atom is 0.0700 e. The van der Waals surface area contributed by atoms with Gasteiger partial charge in [0.25, 0.3) is 0 Å². The summed E-state index contributed by atoms with van der Waals surface area (Å²) in [5.41, 5.74) is 5.53. The molecule has 0 bridgehead atoms. The van der Waals surface area contributed by atoms with Gasteiger partial charge in [0.1, 0.15) is 0 Å². The van der Waals surface area contributed by atoms with Crippen LogP contribution in [0.1, 0.15) is 48.1 Å². The van der Waals surface area contributed by atoms with E-state index in [1.165, 1.54) is 22.3 Å². The predicted molar refractivity (Wildman–Crippen MR) is 89.0 cm³/mol. The molecule has 0 aromatic heterocycles. The summed E-state index contributed by atoms with van der Waals surface area (Å²) >= 11 is 0. The van der Waals surface area contributed by atoms with Crippen molar-refractivity contribution in [1.29, 1.82) is 0 Å². The van der Waals surface area contributed by atoms with Crippen LogP contribution in [0, 0.1) is 20.8 Å². The van der Waals surface area contributed by atoms with E-state index in [1.807, 2.05) is 0 Å². The number of unbranched alkanes of at least 4 members (excludes halogenated alkanes) is 1. The first-order valence-electron chi connectivity index (χ1n) is 7.94. The van der Waals surface area contributed by atoms with E-state index >= 15 is 0 Å². The number of rotatable bonds is 10. The molecule has 1 rings (SSSR count). The Morgan fingerprint density at radius 1 is 0.952 bits per heavy atom. The average molecular weight is 293 g/mol. The molecule has 0 saturated heterocycles. The van der Waals surface area contributed by atoms with Crippen molar-refractivity contribution in [1.82, 2.24) is 5.32 Å². The number of aryl methyl sites for hydroxylation is 3. The average Bonchev–Trinajstić information content (AvgIpc) is 2.45. The zero-order valence-corrected chi connectivity index (χ0v) is 14.3. The van der Waals surface area contributed by atoms with Crippen molar-refractivity contribution in [2.24, 2.45) is 0 Å². The number of methoxy groups -OCH3 is 1. The minimum atomic E-state index is 0.402. The highest BCUT2D eigenvalue weighted by Crippen LogP contribution is 2.21. The van der Waals surface area contributed by atoms with Crippen LogP contribution in [0.3, 0.4) is 0 Å². The van der Waals surface area contributed by atoms with Crippen LogP contribution in [-0.2, 0) is 9.47 Å². The van der Waals surface area contributed by atoms with Gasteiger partial charge in [0.15, 0.2) is 0 Å². The van der Waals surface area contributed by atoms with E-state index in [0.717, 1.165) is 26.0 Å². The Morgan fingerprint density at radius 2 is 1.67 bits per heavy atom. The molecule has 0 fully saturated rings. The van der Waals surface area contributed by atoms with Gasteiger partial charge in [-0.1, -0.05) is 12.1 Å². The van der Waals surface area contributed by atoms with E-state index in [4.69, 9.17) is 9.47 Å². The maximum absolute atomic E-state index is 5.46. The second kappa shape index (κ2) is 9.93. The van der Waals surface area contributed by atoms with Crippen LogP contribution < -0.4 is 5.32 Å². The van der Waals surface area contributed by atoms with Crippen molar-refractivity contribution < 1.29 is 9.47 Å². The van der Waals surface area contributed by atoms with E-state index in [9.17, 15) is 0 Å². The molecular formula is C18H31NO2. The lowest BCUT2D eigenvalue weighted by Gasteiger charge is -2.18. The molecule has 3 nitrogen and oxygen atoms in total. The molecule has 0 radical (unpaired) electrons. The number of hydrogen-bond acceptors (Lipinski definition) is 3. The summed E-state index contributed by atoms with van der Waals surface area (Å²) in [4.78, 5) is 0. The molecule has 1 atom stereocenters. The van der Waals surface area contributed by atoms with Crippen molar-refractivity contribution in [2.45, 2.75) is 46.6 Å². The summed E-state index contributed by atoms with van der Waals surface area (Å²) in [7, 11) is 1.70. The van der Waals surface area contributed by atoms with Gasteiger partial charge in [0.2, 0.25) is 0 Å².